The van der Waals surface area contributed by atoms with Crippen molar-refractivity contribution in [2.24, 2.45) is 5.92 Å². The lowest BCUT2D eigenvalue weighted by molar-refractivity contribution is -0.124. The molecule has 4 nitrogen and oxygen atoms in total. The van der Waals surface area contributed by atoms with Gasteiger partial charge in [-0.15, -0.1) is 11.6 Å². The summed E-state index contributed by atoms with van der Waals surface area (Å²) >= 11 is 5.89. The van der Waals surface area contributed by atoms with Crippen LogP contribution in [0.4, 0.5) is 4.39 Å². The molecular weight excluding hydrogens is 293 g/mol. The average molecular weight is 312 g/mol. The van der Waals surface area contributed by atoms with Gasteiger partial charge in [0.15, 0.2) is 5.82 Å². The van der Waals surface area contributed by atoms with Crippen LogP contribution in [0.25, 0.3) is 11.0 Å². The van der Waals surface area contributed by atoms with E-state index in [9.17, 15) is 9.18 Å². The van der Waals surface area contributed by atoms with Gasteiger partial charge in [-0.3, -0.25) is 4.79 Å². The second kappa shape index (κ2) is 6.43. The summed E-state index contributed by atoms with van der Waals surface area (Å²) in [6, 6.07) is 4.20. The van der Waals surface area contributed by atoms with Crippen molar-refractivity contribution >= 4 is 28.5 Å². The minimum Gasteiger partial charge on any atom is -0.354 e. The van der Waals surface area contributed by atoms with E-state index in [-0.39, 0.29) is 17.3 Å². The van der Waals surface area contributed by atoms with Gasteiger partial charge in [0.1, 0.15) is 17.4 Å². The van der Waals surface area contributed by atoms with E-state index in [1.165, 1.54) is 6.07 Å². The van der Waals surface area contributed by atoms with Crippen molar-refractivity contribution in [2.45, 2.75) is 32.7 Å². The molecule has 0 saturated carbocycles. The molecule has 2 aromatic rings. The van der Waals surface area contributed by atoms with Crippen LogP contribution < -0.4 is 5.32 Å². The van der Waals surface area contributed by atoms with Gasteiger partial charge in [0.25, 0.3) is 0 Å². The molecule has 0 bridgehead atoms. The van der Waals surface area contributed by atoms with Gasteiger partial charge in [-0.1, -0.05) is 19.9 Å². The Bertz CT molecular complexity index is 654. The van der Waals surface area contributed by atoms with Crippen LogP contribution in [0.15, 0.2) is 18.2 Å². The van der Waals surface area contributed by atoms with E-state index in [1.54, 1.807) is 23.6 Å². The number of alkyl halides is 1. The van der Waals surface area contributed by atoms with Crippen LogP contribution in [0.2, 0.25) is 0 Å². The smallest absolute Gasteiger partial charge is 0.242 e. The van der Waals surface area contributed by atoms with Crippen molar-refractivity contribution < 1.29 is 9.18 Å². The molecule has 1 amide bonds. The Morgan fingerprint density at radius 2 is 2.14 bits per heavy atom. The van der Waals surface area contributed by atoms with Crippen molar-refractivity contribution in [2.75, 3.05) is 6.54 Å². The van der Waals surface area contributed by atoms with Crippen LogP contribution in [0.5, 0.6) is 0 Å². The number of para-hydroxylation sites is 1. The highest BCUT2D eigenvalue weighted by molar-refractivity contribution is 6.17. The number of imidazole rings is 1. The number of amides is 1. The number of hydrogen-bond acceptors (Lipinski definition) is 2. The van der Waals surface area contributed by atoms with Crippen molar-refractivity contribution in [3.8, 4) is 0 Å². The molecule has 1 unspecified atom stereocenters. The number of hydrogen-bond donors (Lipinski definition) is 1. The van der Waals surface area contributed by atoms with Crippen molar-refractivity contribution in [1.29, 1.82) is 0 Å². The molecule has 0 aliphatic heterocycles. The standard InChI is InChI=1S/C15H19ClFN3O/c1-9(2)8-18-15(21)10(3)20-12-6-4-5-11(17)14(12)19-13(20)7-16/h4-6,9-10H,7-8H2,1-3H3,(H,18,21). The van der Waals surface area contributed by atoms with E-state index in [0.717, 1.165) is 0 Å². The minimum atomic E-state index is -0.496. The molecule has 1 heterocycles. The first-order chi connectivity index (χ1) is 9.95. The summed E-state index contributed by atoms with van der Waals surface area (Å²) in [5.41, 5.74) is 0.828. The van der Waals surface area contributed by atoms with E-state index in [1.807, 2.05) is 13.8 Å². The fourth-order valence-electron chi connectivity index (χ4n) is 2.23. The summed E-state index contributed by atoms with van der Waals surface area (Å²) in [5, 5.41) is 2.88. The van der Waals surface area contributed by atoms with Gasteiger partial charge >= 0.3 is 0 Å². The number of halogens is 2. The normalized spacial score (nSPS) is 12.9. The van der Waals surface area contributed by atoms with Crippen LogP contribution in [-0.4, -0.2) is 22.0 Å². The molecule has 0 aliphatic carbocycles. The topological polar surface area (TPSA) is 46.9 Å². The lowest BCUT2D eigenvalue weighted by atomic mass is 10.2. The summed E-state index contributed by atoms with van der Waals surface area (Å²) in [6.45, 7) is 6.41. The predicted molar refractivity (Wildman–Crippen MR) is 81.8 cm³/mol. The predicted octanol–water partition coefficient (Wildman–Crippen LogP) is 3.25. The Labute approximate surface area is 128 Å². The van der Waals surface area contributed by atoms with Crippen molar-refractivity contribution in [3.63, 3.8) is 0 Å². The summed E-state index contributed by atoms with van der Waals surface area (Å²) in [6.07, 6.45) is 0. The summed E-state index contributed by atoms with van der Waals surface area (Å²) in [5.74, 6) is 0.441. The van der Waals surface area contributed by atoms with Crippen molar-refractivity contribution in [3.05, 3.63) is 29.8 Å². The highest BCUT2D eigenvalue weighted by Gasteiger charge is 2.22. The lowest BCUT2D eigenvalue weighted by Gasteiger charge is -2.17. The molecule has 0 radical (unpaired) electrons. The van der Waals surface area contributed by atoms with Gasteiger partial charge in [0.2, 0.25) is 5.91 Å². The van der Waals surface area contributed by atoms with E-state index < -0.39 is 11.9 Å². The van der Waals surface area contributed by atoms with Gasteiger partial charge in [0, 0.05) is 6.54 Å². The fraction of sp³-hybridized carbons (Fsp3) is 0.467. The number of carbonyl (C=O) groups is 1. The second-order valence-corrected chi connectivity index (χ2v) is 5.72. The van der Waals surface area contributed by atoms with Crippen LogP contribution in [0.1, 0.15) is 32.6 Å². The molecule has 2 rings (SSSR count). The molecule has 0 spiro atoms. The zero-order valence-electron chi connectivity index (χ0n) is 12.4. The van der Waals surface area contributed by atoms with E-state index in [2.05, 4.69) is 10.3 Å². The Morgan fingerprint density at radius 1 is 1.43 bits per heavy atom. The number of nitrogens with zero attached hydrogens (tertiary/aromatic N) is 2. The van der Waals surface area contributed by atoms with Crippen LogP contribution in [0, 0.1) is 11.7 Å². The first-order valence-electron chi connectivity index (χ1n) is 6.94. The summed E-state index contributed by atoms with van der Waals surface area (Å²) in [4.78, 5) is 16.5. The zero-order chi connectivity index (χ0) is 15.6. The first-order valence-corrected chi connectivity index (χ1v) is 7.48. The summed E-state index contributed by atoms with van der Waals surface area (Å²) in [7, 11) is 0. The van der Waals surface area contributed by atoms with Crippen LogP contribution in [-0.2, 0) is 10.7 Å². The number of aromatic nitrogens is 2. The molecule has 0 aliphatic rings. The Kier molecular flexibility index (Phi) is 4.83. The largest absolute Gasteiger partial charge is 0.354 e. The molecule has 6 heteroatoms. The van der Waals surface area contributed by atoms with Gasteiger partial charge in [-0.25, -0.2) is 9.37 Å². The molecule has 1 N–H and O–H groups in total. The molecule has 0 saturated heterocycles. The minimum absolute atomic E-state index is 0.121. The maximum Gasteiger partial charge on any atom is 0.242 e. The number of benzene rings is 1. The monoisotopic (exact) mass is 311 g/mol. The third-order valence-electron chi connectivity index (χ3n) is 3.31. The average Bonchev–Trinajstić information content (AvgIpc) is 2.83. The SMILES string of the molecule is CC(C)CNC(=O)C(C)n1c(CCl)nc2c(F)cccc21. The number of carbonyl (C=O) groups excluding carboxylic acids is 1. The van der Waals surface area contributed by atoms with E-state index in [4.69, 9.17) is 11.6 Å². The van der Waals surface area contributed by atoms with Crippen molar-refractivity contribution in [1.82, 2.24) is 14.9 Å². The van der Waals surface area contributed by atoms with Gasteiger partial charge in [0.05, 0.1) is 11.4 Å². The molecule has 21 heavy (non-hydrogen) atoms. The van der Waals surface area contributed by atoms with E-state index >= 15 is 0 Å². The molecular formula is C15H19ClFN3O. The van der Waals surface area contributed by atoms with Gasteiger partial charge < -0.3 is 9.88 Å². The molecule has 1 aromatic heterocycles. The first kappa shape index (κ1) is 15.8. The molecule has 0 fully saturated rings. The molecule has 1 aromatic carbocycles. The Hall–Kier alpha value is -1.62. The van der Waals surface area contributed by atoms with Crippen LogP contribution >= 0.6 is 11.6 Å². The summed E-state index contributed by atoms with van der Waals surface area (Å²) < 4.78 is 15.5. The molecule has 114 valence electrons. The van der Waals surface area contributed by atoms with Gasteiger partial charge in [-0.2, -0.15) is 0 Å². The maximum atomic E-state index is 13.8. The lowest BCUT2D eigenvalue weighted by Crippen LogP contribution is -2.34. The number of fused-ring (bicyclic) bond motifs is 1. The fourth-order valence-corrected chi connectivity index (χ4v) is 2.42. The highest BCUT2D eigenvalue weighted by Crippen LogP contribution is 2.24. The van der Waals surface area contributed by atoms with E-state index in [0.29, 0.717) is 23.8 Å². The van der Waals surface area contributed by atoms with Crippen LogP contribution in [0.3, 0.4) is 0 Å². The number of nitrogens with one attached hydrogen (secondary N) is 1. The zero-order valence-corrected chi connectivity index (χ0v) is 13.1. The second-order valence-electron chi connectivity index (χ2n) is 5.45. The quantitative estimate of drug-likeness (QED) is 0.862. The van der Waals surface area contributed by atoms with Gasteiger partial charge in [-0.05, 0) is 25.0 Å². The maximum absolute atomic E-state index is 13.8. The Morgan fingerprint density at radius 3 is 2.76 bits per heavy atom. The third kappa shape index (κ3) is 3.18. The Balaban J connectivity index is 2.40. The third-order valence-corrected chi connectivity index (χ3v) is 3.55. The number of rotatable bonds is 5. The molecule has 1 atom stereocenters. The highest BCUT2D eigenvalue weighted by atomic mass is 35.5.